The first-order valence-corrected chi connectivity index (χ1v) is 10.9. The van der Waals surface area contributed by atoms with Gasteiger partial charge in [-0.05, 0) is 90.2 Å². The molecule has 152 valence electrons. The van der Waals surface area contributed by atoms with E-state index in [2.05, 4.69) is 48.4 Å². The van der Waals surface area contributed by atoms with Crippen molar-refractivity contribution in [3.05, 3.63) is 29.8 Å². The lowest BCUT2D eigenvalue weighted by molar-refractivity contribution is -0.123. The Balaban J connectivity index is 0.00000171. The van der Waals surface area contributed by atoms with Gasteiger partial charge in [0.2, 0.25) is 0 Å². The van der Waals surface area contributed by atoms with Crippen LogP contribution in [-0.2, 0) is 0 Å². The van der Waals surface area contributed by atoms with Gasteiger partial charge in [-0.1, -0.05) is 26.0 Å². The summed E-state index contributed by atoms with van der Waals surface area (Å²) in [7, 11) is 0. The molecule has 0 radical (unpaired) electrons. The number of anilines is 1. The number of guanidine groups is 1. The van der Waals surface area contributed by atoms with Gasteiger partial charge in [0.05, 0.1) is 12.1 Å². The summed E-state index contributed by atoms with van der Waals surface area (Å²) >= 11 is 0. The van der Waals surface area contributed by atoms with Gasteiger partial charge >= 0.3 is 0 Å². The van der Waals surface area contributed by atoms with E-state index in [0.717, 1.165) is 47.6 Å². The molecule has 10 unspecified atom stereocenters. The summed E-state index contributed by atoms with van der Waals surface area (Å²) in [6.45, 7) is 4.94. The van der Waals surface area contributed by atoms with E-state index in [9.17, 15) is 5.11 Å². The smallest absolute Gasteiger partial charge is 0.193 e. The fourth-order valence-corrected chi connectivity index (χ4v) is 8.47. The van der Waals surface area contributed by atoms with E-state index in [1.807, 2.05) is 0 Å². The molecule has 6 rings (SSSR count). The largest absolute Gasteiger partial charge is 0.387 e. The minimum absolute atomic E-state index is 0. The Morgan fingerprint density at radius 3 is 2.54 bits per heavy atom. The molecule has 1 aromatic carbocycles. The van der Waals surface area contributed by atoms with Gasteiger partial charge < -0.3 is 16.2 Å². The van der Waals surface area contributed by atoms with E-state index < -0.39 is 5.60 Å². The number of benzene rings is 1. The summed E-state index contributed by atoms with van der Waals surface area (Å²) in [5.74, 6) is 7.07. The lowest BCUT2D eigenvalue weighted by atomic mass is 9.56. The lowest BCUT2D eigenvalue weighted by Crippen LogP contribution is -2.56. The number of aliphatic imine (C=N–C) groups is 1. The van der Waals surface area contributed by atoms with Crippen LogP contribution in [0.4, 0.5) is 5.69 Å². The monoisotopic (exact) mass is 493 g/mol. The first kappa shape index (κ1) is 19.2. The molecule has 0 amide bonds. The number of nitrogens with one attached hydrogen (secondary N) is 1. The van der Waals surface area contributed by atoms with Crippen LogP contribution in [0.15, 0.2) is 29.3 Å². The van der Waals surface area contributed by atoms with Crippen LogP contribution in [0.1, 0.15) is 44.6 Å². The average molecular weight is 493 g/mol. The van der Waals surface area contributed by atoms with Crippen LogP contribution < -0.4 is 11.1 Å². The van der Waals surface area contributed by atoms with Gasteiger partial charge in [-0.3, -0.25) is 4.99 Å². The Bertz CT molecular complexity index is 805. The molecule has 28 heavy (non-hydrogen) atoms. The highest BCUT2D eigenvalue weighted by Gasteiger charge is 2.84. The van der Waals surface area contributed by atoms with Gasteiger partial charge in [0.15, 0.2) is 5.96 Å². The van der Waals surface area contributed by atoms with Gasteiger partial charge in [0, 0.05) is 5.69 Å². The molecule has 4 N–H and O–H groups in total. The van der Waals surface area contributed by atoms with Crippen molar-refractivity contribution >= 4 is 35.6 Å². The zero-order valence-electron chi connectivity index (χ0n) is 16.7. The molecule has 5 aliphatic rings. The maximum atomic E-state index is 11.6. The molecule has 0 aliphatic heterocycles. The zero-order chi connectivity index (χ0) is 18.5. The highest BCUT2D eigenvalue weighted by Crippen LogP contribution is 2.85. The van der Waals surface area contributed by atoms with E-state index in [1.165, 1.54) is 18.4 Å². The van der Waals surface area contributed by atoms with Crippen molar-refractivity contribution in [2.24, 2.45) is 58.1 Å². The standard InChI is InChI=1S/C23H31N3O.HI/c1-3-11(2)12-4-6-13(7-5-12)26-22(24)25-10-23(27)20-15-9-16-18-14(15)8-17(20)19(18)21(16)23;/h4-7,11,14-21,27H,3,8-10H2,1-2H3,(H3,24,25,26);1H. The van der Waals surface area contributed by atoms with Crippen LogP contribution in [0.25, 0.3) is 0 Å². The van der Waals surface area contributed by atoms with Crippen LogP contribution in [0.5, 0.6) is 0 Å². The second kappa shape index (κ2) is 6.34. The van der Waals surface area contributed by atoms with Crippen molar-refractivity contribution in [2.45, 2.75) is 44.6 Å². The Morgan fingerprint density at radius 1 is 1.14 bits per heavy atom. The van der Waals surface area contributed by atoms with Crippen molar-refractivity contribution in [1.82, 2.24) is 0 Å². The number of halogens is 1. The number of rotatable bonds is 5. The quantitative estimate of drug-likeness (QED) is 0.329. The van der Waals surface area contributed by atoms with Crippen molar-refractivity contribution in [3.63, 3.8) is 0 Å². The molecule has 5 heteroatoms. The van der Waals surface area contributed by atoms with E-state index in [4.69, 9.17) is 5.73 Å². The average Bonchev–Trinajstić information content (AvgIpc) is 3.19. The van der Waals surface area contributed by atoms with Crippen molar-refractivity contribution < 1.29 is 5.11 Å². The molecule has 4 nitrogen and oxygen atoms in total. The van der Waals surface area contributed by atoms with Gasteiger partial charge in [-0.15, -0.1) is 24.0 Å². The predicted octanol–water partition coefficient (Wildman–Crippen LogP) is 4.05. The molecule has 10 atom stereocenters. The number of hydrogen-bond donors (Lipinski definition) is 3. The van der Waals surface area contributed by atoms with Gasteiger partial charge in [0.25, 0.3) is 0 Å². The molecule has 0 saturated heterocycles. The summed E-state index contributed by atoms with van der Waals surface area (Å²) in [4.78, 5) is 4.62. The van der Waals surface area contributed by atoms with E-state index in [-0.39, 0.29) is 24.0 Å². The fraction of sp³-hybridized carbons (Fsp3) is 0.696. The second-order valence-corrected chi connectivity index (χ2v) is 10.1. The first-order valence-electron chi connectivity index (χ1n) is 10.9. The molecular weight excluding hydrogens is 461 g/mol. The number of fused-ring (bicyclic) bond motifs is 2. The summed E-state index contributed by atoms with van der Waals surface area (Å²) in [6.07, 6.45) is 3.92. The van der Waals surface area contributed by atoms with Crippen LogP contribution in [0.2, 0.25) is 0 Å². The molecular formula is C23H32IN3O. The molecule has 0 heterocycles. The Kier molecular flexibility index (Phi) is 4.34. The summed E-state index contributed by atoms with van der Waals surface area (Å²) in [6, 6.07) is 8.46. The maximum absolute atomic E-state index is 11.6. The van der Waals surface area contributed by atoms with Gasteiger partial charge in [-0.25, -0.2) is 0 Å². The number of hydrogen-bond acceptors (Lipinski definition) is 2. The second-order valence-electron chi connectivity index (χ2n) is 10.1. The maximum Gasteiger partial charge on any atom is 0.193 e. The Morgan fingerprint density at radius 2 is 1.82 bits per heavy atom. The molecule has 0 aromatic heterocycles. The summed E-state index contributed by atoms with van der Waals surface area (Å²) in [5, 5.41) is 14.8. The summed E-state index contributed by atoms with van der Waals surface area (Å²) < 4.78 is 0. The number of aliphatic hydroxyl groups is 1. The van der Waals surface area contributed by atoms with Crippen molar-refractivity contribution in [3.8, 4) is 0 Å². The van der Waals surface area contributed by atoms with Crippen LogP contribution in [0.3, 0.4) is 0 Å². The highest BCUT2D eigenvalue weighted by atomic mass is 127. The first-order chi connectivity index (χ1) is 13.0. The van der Waals surface area contributed by atoms with Crippen molar-refractivity contribution in [2.75, 3.05) is 11.9 Å². The van der Waals surface area contributed by atoms with Crippen molar-refractivity contribution in [1.29, 1.82) is 0 Å². The SMILES string of the molecule is CCC(C)c1ccc(NC(N)=NCC2(O)C3C4CC5C6C4CC3C6C52)cc1.I. The molecule has 5 saturated carbocycles. The number of nitrogens with two attached hydrogens (primary N) is 1. The highest BCUT2D eigenvalue weighted by molar-refractivity contribution is 14.0. The minimum atomic E-state index is -0.586. The van der Waals surface area contributed by atoms with Crippen LogP contribution in [0, 0.1) is 47.3 Å². The fourth-order valence-electron chi connectivity index (χ4n) is 8.47. The van der Waals surface area contributed by atoms with Crippen LogP contribution in [-0.4, -0.2) is 23.2 Å². The molecule has 5 aliphatic carbocycles. The molecule has 1 aromatic rings. The third-order valence-electron chi connectivity index (χ3n) is 9.39. The van der Waals surface area contributed by atoms with Gasteiger partial charge in [-0.2, -0.15) is 0 Å². The topological polar surface area (TPSA) is 70.6 Å². The third kappa shape index (κ3) is 2.23. The van der Waals surface area contributed by atoms with E-state index in [0.29, 0.717) is 30.3 Å². The van der Waals surface area contributed by atoms with E-state index >= 15 is 0 Å². The lowest BCUT2D eigenvalue weighted by Gasteiger charge is -2.51. The third-order valence-corrected chi connectivity index (χ3v) is 9.39. The molecule has 0 spiro atoms. The number of nitrogens with zero attached hydrogens (tertiary/aromatic N) is 1. The van der Waals surface area contributed by atoms with Crippen LogP contribution >= 0.6 is 24.0 Å². The molecule has 5 fully saturated rings. The Labute approximate surface area is 184 Å². The summed E-state index contributed by atoms with van der Waals surface area (Å²) in [5.41, 5.74) is 7.91. The normalized spacial score (nSPS) is 47.2. The van der Waals surface area contributed by atoms with Gasteiger partial charge in [0.1, 0.15) is 0 Å². The Hall–Kier alpha value is -0.820. The van der Waals surface area contributed by atoms with E-state index in [1.54, 1.807) is 0 Å². The molecule has 2 bridgehead atoms. The minimum Gasteiger partial charge on any atom is -0.387 e. The predicted molar refractivity (Wildman–Crippen MR) is 123 cm³/mol. The zero-order valence-corrected chi connectivity index (χ0v) is 19.0.